The molecule has 7 nitrogen and oxygen atoms in total. The van der Waals surface area contributed by atoms with Gasteiger partial charge in [-0.05, 0) is 34.8 Å². The van der Waals surface area contributed by atoms with Gasteiger partial charge in [0.15, 0.2) is 14.9 Å². The van der Waals surface area contributed by atoms with Crippen LogP contribution in [0.5, 0.6) is 0 Å². The number of carbonyl (C=O) groups is 1. The van der Waals surface area contributed by atoms with Gasteiger partial charge < -0.3 is 14.1 Å². The molecule has 0 fully saturated rings. The van der Waals surface area contributed by atoms with Crippen LogP contribution in [0, 0.1) is 0 Å². The second kappa shape index (κ2) is 9.61. The Hall–Kier alpha value is -1.71. The van der Waals surface area contributed by atoms with E-state index in [-0.39, 0.29) is 17.2 Å². The maximum absolute atomic E-state index is 12.5. The summed E-state index contributed by atoms with van der Waals surface area (Å²) in [5, 5.41) is -0.0411. The molecule has 0 saturated carbocycles. The van der Waals surface area contributed by atoms with Crippen LogP contribution in [0.4, 0.5) is 0 Å². The number of carbonyl (C=O) groups excluding carboxylic acids is 1. The number of H-pyrrole nitrogens is 1. The number of aromatic amines is 1. The summed E-state index contributed by atoms with van der Waals surface area (Å²) in [6.07, 6.45) is -0.197. The lowest BCUT2D eigenvalue weighted by molar-refractivity contribution is -0.140. The van der Waals surface area contributed by atoms with Crippen molar-refractivity contribution in [3.63, 3.8) is 0 Å². The zero-order valence-electron chi connectivity index (χ0n) is 19.0. The molecule has 1 N–H and O–H groups in total. The van der Waals surface area contributed by atoms with Gasteiger partial charge in [-0.2, -0.15) is 0 Å². The first-order valence-corrected chi connectivity index (χ1v) is 14.2. The smallest absolute Gasteiger partial charge is 0.306 e. The number of hydrogen-bond acceptors (Lipinski definition) is 6. The van der Waals surface area contributed by atoms with Crippen molar-refractivity contribution in [3.8, 4) is 0 Å². The van der Waals surface area contributed by atoms with Crippen LogP contribution in [0.2, 0.25) is 16.6 Å². The number of fused-ring (bicyclic) bond motifs is 1. The maximum atomic E-state index is 12.5. The van der Waals surface area contributed by atoms with Crippen molar-refractivity contribution in [2.75, 3.05) is 12.9 Å². The molecular formula is C21H34N2O5SSi. The van der Waals surface area contributed by atoms with Crippen LogP contribution < -0.4 is 0 Å². The van der Waals surface area contributed by atoms with Crippen molar-refractivity contribution in [1.82, 2.24) is 9.97 Å². The summed E-state index contributed by atoms with van der Waals surface area (Å²) in [6, 6.07) is 5.01. The largest absolute Gasteiger partial charge is 0.469 e. The van der Waals surface area contributed by atoms with Crippen molar-refractivity contribution in [2.45, 2.75) is 76.2 Å². The molecule has 0 atom stereocenters. The van der Waals surface area contributed by atoms with Crippen molar-refractivity contribution in [3.05, 3.63) is 23.9 Å². The Balaban J connectivity index is 2.25. The number of nitrogens with zero attached hydrogens (tertiary/aromatic N) is 1. The normalized spacial score (nSPS) is 13.0. The lowest BCUT2D eigenvalue weighted by atomic mass is 10.4. The Kier molecular flexibility index (Phi) is 7.87. The first-order chi connectivity index (χ1) is 13.9. The van der Waals surface area contributed by atoms with E-state index in [0.29, 0.717) is 28.7 Å². The fourth-order valence-electron chi connectivity index (χ4n) is 4.42. The molecule has 0 aliphatic heterocycles. The van der Waals surface area contributed by atoms with Gasteiger partial charge in [-0.25, -0.2) is 13.4 Å². The second-order valence-corrected chi connectivity index (χ2v) is 16.1. The second-order valence-electron chi connectivity index (χ2n) is 8.63. The van der Waals surface area contributed by atoms with Gasteiger partial charge in [0.1, 0.15) is 0 Å². The number of ether oxygens (including phenoxy) is 1. The fraction of sp³-hybridized carbons (Fsp3) is 0.619. The molecule has 0 bridgehead atoms. The van der Waals surface area contributed by atoms with E-state index < -0.39 is 24.1 Å². The van der Waals surface area contributed by atoms with Gasteiger partial charge in [0, 0.05) is 5.69 Å². The highest BCUT2D eigenvalue weighted by atomic mass is 32.2. The number of aromatic nitrogens is 2. The fourth-order valence-corrected chi connectivity index (χ4v) is 11.0. The van der Waals surface area contributed by atoms with Crippen LogP contribution in [0.25, 0.3) is 11.0 Å². The minimum Gasteiger partial charge on any atom is -0.469 e. The molecule has 2 rings (SSSR count). The van der Waals surface area contributed by atoms with Crippen molar-refractivity contribution < 1.29 is 22.4 Å². The Morgan fingerprint density at radius 3 is 2.23 bits per heavy atom. The van der Waals surface area contributed by atoms with Crippen molar-refractivity contribution in [1.29, 1.82) is 0 Å². The highest BCUT2D eigenvalue weighted by Gasteiger charge is 2.45. The summed E-state index contributed by atoms with van der Waals surface area (Å²) < 4.78 is 36.1. The topological polar surface area (TPSA) is 98.4 Å². The highest BCUT2D eigenvalue weighted by molar-refractivity contribution is 7.91. The third-order valence-electron chi connectivity index (χ3n) is 5.81. The first kappa shape index (κ1) is 24.6. The quantitative estimate of drug-likeness (QED) is 0.416. The van der Waals surface area contributed by atoms with Crippen LogP contribution >= 0.6 is 0 Å². The minimum absolute atomic E-state index is 0.0411. The highest BCUT2D eigenvalue weighted by Crippen LogP contribution is 2.42. The van der Waals surface area contributed by atoms with Crippen LogP contribution in [-0.2, 0) is 30.4 Å². The molecule has 0 aliphatic rings. The molecule has 9 heteroatoms. The lowest BCUT2D eigenvalue weighted by Crippen LogP contribution is -2.47. The standard InChI is InChI=1S/C21H34N2O5SSi/c1-14(2)30(15(3)4,16(5)6)28-13-17-12-19-18(22-17)8-9-20(23-19)29(25,26)11-10-21(24)27-7/h8-9,12,14-16,22H,10-11,13H2,1-7H3. The minimum atomic E-state index is -3.67. The third-order valence-corrected chi connectivity index (χ3v) is 13.5. The SMILES string of the molecule is COC(=O)CCS(=O)(=O)c1ccc2[nH]c(CO[Si](C(C)C)(C(C)C)C(C)C)cc2n1. The molecular weight excluding hydrogens is 420 g/mol. The predicted molar refractivity (Wildman–Crippen MR) is 121 cm³/mol. The summed E-state index contributed by atoms with van der Waals surface area (Å²) in [7, 11) is -4.44. The summed E-state index contributed by atoms with van der Waals surface area (Å²) in [5.74, 6) is -0.891. The average molecular weight is 455 g/mol. The zero-order chi connectivity index (χ0) is 22.7. The molecule has 2 heterocycles. The number of pyridine rings is 1. The molecule has 30 heavy (non-hydrogen) atoms. The van der Waals surface area contributed by atoms with Gasteiger partial charge in [-0.1, -0.05) is 41.5 Å². The lowest BCUT2D eigenvalue weighted by Gasteiger charge is -2.42. The summed E-state index contributed by atoms with van der Waals surface area (Å²) in [6.45, 7) is 13.9. The van der Waals surface area contributed by atoms with Gasteiger partial charge in [-0.3, -0.25) is 4.79 Å². The van der Waals surface area contributed by atoms with Crippen molar-refractivity contribution >= 4 is 35.2 Å². The molecule has 2 aromatic rings. The molecule has 2 aromatic heterocycles. The molecule has 0 saturated heterocycles. The molecule has 0 amide bonds. The molecule has 168 valence electrons. The average Bonchev–Trinajstić information content (AvgIpc) is 3.07. The van der Waals surface area contributed by atoms with Crippen molar-refractivity contribution in [2.24, 2.45) is 0 Å². The number of sulfone groups is 1. The first-order valence-electron chi connectivity index (χ1n) is 10.4. The number of methoxy groups -OCH3 is 1. The summed E-state index contributed by atoms with van der Waals surface area (Å²) >= 11 is 0. The van der Waals surface area contributed by atoms with E-state index in [9.17, 15) is 13.2 Å². The zero-order valence-corrected chi connectivity index (χ0v) is 20.8. The van der Waals surface area contributed by atoms with Gasteiger partial charge in [0.25, 0.3) is 0 Å². The van der Waals surface area contributed by atoms with Crippen LogP contribution in [0.1, 0.15) is 53.7 Å². The monoisotopic (exact) mass is 454 g/mol. The van der Waals surface area contributed by atoms with Gasteiger partial charge in [-0.15, -0.1) is 0 Å². The Labute approximate surface area is 180 Å². The Bertz CT molecular complexity index is 961. The van der Waals surface area contributed by atoms with Gasteiger partial charge >= 0.3 is 5.97 Å². The predicted octanol–water partition coefficient (Wildman–Crippen LogP) is 4.59. The Morgan fingerprint density at radius 2 is 1.70 bits per heavy atom. The summed E-state index contributed by atoms with van der Waals surface area (Å²) in [5.41, 5.74) is 3.63. The van der Waals surface area contributed by atoms with Gasteiger partial charge in [0.05, 0.1) is 36.9 Å². The van der Waals surface area contributed by atoms with Crippen LogP contribution in [-0.4, -0.2) is 45.5 Å². The van der Waals surface area contributed by atoms with E-state index in [4.69, 9.17) is 4.43 Å². The van der Waals surface area contributed by atoms with Gasteiger partial charge in [0.2, 0.25) is 8.32 Å². The number of hydrogen-bond donors (Lipinski definition) is 1. The number of rotatable bonds is 10. The third kappa shape index (κ3) is 5.12. The van der Waals surface area contributed by atoms with E-state index in [1.165, 1.54) is 13.2 Å². The van der Waals surface area contributed by atoms with E-state index in [1.807, 2.05) is 6.07 Å². The Morgan fingerprint density at radius 1 is 1.10 bits per heavy atom. The van der Waals surface area contributed by atoms with E-state index in [2.05, 4.69) is 56.2 Å². The van der Waals surface area contributed by atoms with E-state index >= 15 is 0 Å². The van der Waals surface area contributed by atoms with Crippen LogP contribution in [0.15, 0.2) is 23.2 Å². The van der Waals surface area contributed by atoms with E-state index in [0.717, 1.165) is 11.2 Å². The number of esters is 1. The molecule has 0 spiro atoms. The molecule has 0 aromatic carbocycles. The van der Waals surface area contributed by atoms with Crippen LogP contribution in [0.3, 0.4) is 0 Å². The maximum Gasteiger partial charge on any atom is 0.306 e. The molecule has 0 radical (unpaired) electrons. The summed E-state index contributed by atoms with van der Waals surface area (Å²) in [4.78, 5) is 18.9. The number of nitrogens with one attached hydrogen (secondary N) is 1. The molecule has 0 unspecified atom stereocenters. The molecule has 0 aliphatic carbocycles. The van der Waals surface area contributed by atoms with E-state index in [1.54, 1.807) is 6.07 Å².